The number of amides is 1. The van der Waals surface area contributed by atoms with Crippen LogP contribution >= 0.6 is 11.3 Å². The highest BCUT2D eigenvalue weighted by atomic mass is 32.1. The molecule has 1 aromatic heterocycles. The largest absolute Gasteiger partial charge is 0.462 e. The van der Waals surface area contributed by atoms with E-state index in [1.807, 2.05) is 6.92 Å². The van der Waals surface area contributed by atoms with Crippen molar-refractivity contribution in [2.24, 2.45) is 5.92 Å². The van der Waals surface area contributed by atoms with Crippen LogP contribution in [0.4, 0.5) is 5.00 Å². The van der Waals surface area contributed by atoms with E-state index in [1.165, 1.54) is 17.8 Å². The van der Waals surface area contributed by atoms with Crippen molar-refractivity contribution in [1.82, 2.24) is 5.32 Å². The van der Waals surface area contributed by atoms with Crippen LogP contribution in [0.15, 0.2) is 0 Å². The lowest BCUT2D eigenvalue weighted by Gasteiger charge is -2.42. The first-order valence-electron chi connectivity index (χ1n) is 10.1. The summed E-state index contributed by atoms with van der Waals surface area (Å²) in [6.07, 6.45) is 6.02. The molecule has 27 heavy (non-hydrogen) atoms. The number of carbonyl (C=O) groups excluding carboxylic acids is 2. The van der Waals surface area contributed by atoms with Crippen LogP contribution in [0, 0.1) is 5.92 Å². The lowest BCUT2D eigenvalue weighted by atomic mass is 9.81. The van der Waals surface area contributed by atoms with Gasteiger partial charge in [-0.05, 0) is 59.4 Å². The zero-order chi connectivity index (χ0) is 19.8. The molecule has 0 aromatic carbocycles. The third-order valence-corrected chi connectivity index (χ3v) is 7.01. The average molecular weight is 393 g/mol. The summed E-state index contributed by atoms with van der Waals surface area (Å²) < 4.78 is 5.35. The molecule has 150 valence electrons. The van der Waals surface area contributed by atoms with Gasteiger partial charge in [-0.25, -0.2) is 4.79 Å². The van der Waals surface area contributed by atoms with E-state index in [9.17, 15) is 9.59 Å². The lowest BCUT2D eigenvalue weighted by molar-refractivity contribution is -0.120. The summed E-state index contributed by atoms with van der Waals surface area (Å²) in [5, 5.41) is 7.41. The predicted octanol–water partition coefficient (Wildman–Crippen LogP) is 4.60. The van der Waals surface area contributed by atoms with Crippen molar-refractivity contribution >= 4 is 28.2 Å². The van der Waals surface area contributed by atoms with Gasteiger partial charge in [-0.2, -0.15) is 0 Å². The van der Waals surface area contributed by atoms with E-state index in [1.54, 1.807) is 0 Å². The molecule has 3 rings (SSSR count). The highest BCUT2D eigenvalue weighted by Crippen LogP contribution is 2.45. The number of thiophene rings is 1. The monoisotopic (exact) mass is 392 g/mol. The molecular formula is C21H32N2O3S. The molecule has 0 radical (unpaired) electrons. The van der Waals surface area contributed by atoms with Crippen molar-refractivity contribution in [1.29, 1.82) is 0 Å². The van der Waals surface area contributed by atoms with Gasteiger partial charge in [0.05, 0.1) is 12.2 Å². The minimum atomic E-state index is -0.331. The molecule has 1 aliphatic carbocycles. The molecule has 2 heterocycles. The maximum Gasteiger partial charge on any atom is 0.341 e. The summed E-state index contributed by atoms with van der Waals surface area (Å²) in [6, 6.07) is 0. The summed E-state index contributed by atoms with van der Waals surface area (Å²) in [4.78, 5) is 26.7. The highest BCUT2D eigenvalue weighted by Gasteiger charge is 2.42. The van der Waals surface area contributed by atoms with Crippen LogP contribution in [0.5, 0.6) is 0 Å². The van der Waals surface area contributed by atoms with Gasteiger partial charge < -0.3 is 15.4 Å². The smallest absolute Gasteiger partial charge is 0.341 e. The fourth-order valence-corrected chi connectivity index (χ4v) is 5.88. The normalized spacial score (nSPS) is 21.4. The molecule has 0 unspecified atom stereocenters. The molecule has 0 atom stereocenters. The second-order valence-electron chi connectivity index (χ2n) is 8.97. The van der Waals surface area contributed by atoms with Crippen molar-refractivity contribution in [3.63, 3.8) is 0 Å². The molecule has 1 amide bonds. The number of esters is 1. The van der Waals surface area contributed by atoms with E-state index < -0.39 is 0 Å². The minimum absolute atomic E-state index is 0.0453. The van der Waals surface area contributed by atoms with Crippen molar-refractivity contribution in [2.75, 3.05) is 11.9 Å². The Morgan fingerprint density at radius 3 is 2.48 bits per heavy atom. The van der Waals surface area contributed by atoms with Crippen molar-refractivity contribution in [3.8, 4) is 0 Å². The Hall–Kier alpha value is -1.40. The summed E-state index contributed by atoms with van der Waals surface area (Å²) in [6.45, 7) is 10.7. The summed E-state index contributed by atoms with van der Waals surface area (Å²) in [7, 11) is 0. The van der Waals surface area contributed by atoms with Crippen LogP contribution in [-0.2, 0) is 21.5 Å². The summed E-state index contributed by atoms with van der Waals surface area (Å²) in [5.41, 5.74) is 1.18. The topological polar surface area (TPSA) is 67.4 Å². The maximum absolute atomic E-state index is 12.8. The number of nitrogens with one attached hydrogen (secondary N) is 2. The van der Waals surface area contributed by atoms with Crippen LogP contribution < -0.4 is 10.6 Å². The molecule has 2 aliphatic rings. The van der Waals surface area contributed by atoms with Gasteiger partial charge in [0.1, 0.15) is 5.00 Å². The number of rotatable bonds is 4. The Kier molecular flexibility index (Phi) is 5.69. The Labute approximate surface area is 166 Å². The van der Waals surface area contributed by atoms with Gasteiger partial charge in [0.15, 0.2) is 0 Å². The SMILES string of the molecule is CCOC(=O)c1c(NC(=O)C2CCCCC2)sc2c1CC(C)(C)NC2(C)C. The first-order chi connectivity index (χ1) is 12.6. The Morgan fingerprint density at radius 1 is 1.19 bits per heavy atom. The number of hydrogen-bond acceptors (Lipinski definition) is 5. The molecule has 1 saturated carbocycles. The number of carbonyl (C=O) groups is 2. The fourth-order valence-electron chi connectivity index (χ4n) is 4.61. The van der Waals surface area contributed by atoms with E-state index in [-0.39, 0.29) is 28.9 Å². The molecule has 1 fully saturated rings. The molecule has 1 aliphatic heterocycles. The van der Waals surface area contributed by atoms with Crippen LogP contribution in [0.2, 0.25) is 0 Å². The highest BCUT2D eigenvalue weighted by molar-refractivity contribution is 7.17. The van der Waals surface area contributed by atoms with E-state index in [2.05, 4.69) is 38.3 Å². The minimum Gasteiger partial charge on any atom is -0.462 e. The number of anilines is 1. The van der Waals surface area contributed by atoms with Crippen molar-refractivity contribution < 1.29 is 14.3 Å². The van der Waals surface area contributed by atoms with Gasteiger partial charge in [0.2, 0.25) is 5.91 Å². The third kappa shape index (κ3) is 4.21. The Balaban J connectivity index is 1.99. The molecule has 0 bridgehead atoms. The van der Waals surface area contributed by atoms with Gasteiger partial charge in [0.25, 0.3) is 0 Å². The van der Waals surface area contributed by atoms with E-state index in [0.29, 0.717) is 17.2 Å². The second-order valence-corrected chi connectivity index (χ2v) is 9.99. The van der Waals surface area contributed by atoms with Crippen LogP contribution in [0.3, 0.4) is 0 Å². The third-order valence-electron chi connectivity index (χ3n) is 5.54. The molecule has 0 spiro atoms. The second kappa shape index (κ2) is 7.55. The van der Waals surface area contributed by atoms with Crippen molar-refractivity contribution in [2.45, 2.75) is 84.2 Å². The fraction of sp³-hybridized carbons (Fsp3) is 0.714. The van der Waals surface area contributed by atoms with E-state index in [0.717, 1.165) is 42.5 Å². The number of fused-ring (bicyclic) bond motifs is 1. The van der Waals surface area contributed by atoms with E-state index in [4.69, 9.17) is 4.74 Å². The molecule has 0 saturated heterocycles. The number of hydrogen-bond donors (Lipinski definition) is 2. The van der Waals surface area contributed by atoms with Gasteiger partial charge in [0, 0.05) is 21.9 Å². The quantitative estimate of drug-likeness (QED) is 0.735. The van der Waals surface area contributed by atoms with Gasteiger partial charge >= 0.3 is 5.97 Å². The molecule has 1 aromatic rings. The first-order valence-corrected chi connectivity index (χ1v) is 10.9. The zero-order valence-corrected chi connectivity index (χ0v) is 18.0. The van der Waals surface area contributed by atoms with Gasteiger partial charge in [-0.3, -0.25) is 4.79 Å². The lowest BCUT2D eigenvalue weighted by Crippen LogP contribution is -2.55. The number of ether oxygens (including phenoxy) is 1. The first kappa shape index (κ1) is 20.3. The van der Waals surface area contributed by atoms with Crippen LogP contribution in [-0.4, -0.2) is 24.0 Å². The average Bonchev–Trinajstić information content (AvgIpc) is 2.92. The van der Waals surface area contributed by atoms with E-state index >= 15 is 0 Å². The predicted molar refractivity (Wildman–Crippen MR) is 109 cm³/mol. The van der Waals surface area contributed by atoms with Crippen molar-refractivity contribution in [3.05, 3.63) is 16.0 Å². The zero-order valence-electron chi connectivity index (χ0n) is 17.2. The Morgan fingerprint density at radius 2 is 1.85 bits per heavy atom. The molecule has 6 heteroatoms. The molecule has 2 N–H and O–H groups in total. The summed E-state index contributed by atoms with van der Waals surface area (Å²) >= 11 is 1.52. The Bertz CT molecular complexity index is 730. The molecular weight excluding hydrogens is 360 g/mol. The summed E-state index contributed by atoms with van der Waals surface area (Å²) in [5.74, 6) is -0.234. The molecule has 5 nitrogen and oxygen atoms in total. The maximum atomic E-state index is 12.8. The standard InChI is InChI=1S/C21H32N2O3S/c1-6-26-19(25)15-14-12-20(2,3)23-21(4,5)16(14)27-18(15)22-17(24)13-10-8-7-9-11-13/h13,23H,6-12H2,1-5H3,(H,22,24). The van der Waals surface area contributed by atoms with Crippen LogP contribution in [0.25, 0.3) is 0 Å². The van der Waals surface area contributed by atoms with Crippen LogP contribution in [0.1, 0.15) is 87.5 Å². The van der Waals surface area contributed by atoms with Gasteiger partial charge in [-0.15, -0.1) is 11.3 Å². The van der Waals surface area contributed by atoms with Gasteiger partial charge in [-0.1, -0.05) is 19.3 Å².